The summed E-state index contributed by atoms with van der Waals surface area (Å²) in [6.45, 7) is 0. The maximum atomic E-state index is 10.8. The average molecular weight is 566 g/mol. The molecule has 4 heterocycles. The van der Waals surface area contributed by atoms with Crippen molar-refractivity contribution in [3.8, 4) is 0 Å². The number of carbonyl (C=O) groups excluding carboxylic acids is 4. The molecule has 0 aromatic rings. The van der Waals surface area contributed by atoms with Gasteiger partial charge in [-0.25, -0.2) is 0 Å². The molecule has 1 atom stereocenters. The summed E-state index contributed by atoms with van der Waals surface area (Å²) in [5.41, 5.74) is 0. The van der Waals surface area contributed by atoms with Crippen LogP contribution < -0.4 is 0 Å². The van der Waals surface area contributed by atoms with Gasteiger partial charge in [0.15, 0.2) is 5.12 Å². The van der Waals surface area contributed by atoms with E-state index in [4.69, 9.17) is 0 Å². The number of thioether (sulfide) groups is 4. The Morgan fingerprint density at radius 1 is 0.870 bits per heavy atom. The van der Waals surface area contributed by atoms with E-state index in [0.29, 0.717) is 6.42 Å². The SMILES string of the molecule is O=C1C=C2SC(=O)C=C2S1.O=C1C=C2SC(=O)CC2S1.[Br][Cu][Br]. The standard InChI is InChI=1S/C6H4O2S2.C6H2O2S2.2BrH.Cu/c2*7-5-1-3-4(10-5)2-6(8)9-3;;;/h1,4H,2H2;1-2H;2*1H;/q;;;;+2/p-2. The Morgan fingerprint density at radius 3 is 1.87 bits per heavy atom. The van der Waals surface area contributed by atoms with E-state index in [0.717, 1.165) is 38.2 Å². The Bertz CT molecular complexity index is 644. The van der Waals surface area contributed by atoms with Crippen molar-refractivity contribution in [3.63, 3.8) is 0 Å². The second-order valence-corrected chi connectivity index (χ2v) is 13.2. The van der Waals surface area contributed by atoms with E-state index in [1.54, 1.807) is 6.08 Å². The summed E-state index contributed by atoms with van der Waals surface area (Å²) in [6.07, 6.45) is 5.12. The van der Waals surface area contributed by atoms with Crippen LogP contribution in [0.1, 0.15) is 6.42 Å². The van der Waals surface area contributed by atoms with Gasteiger partial charge >= 0.3 is 39.6 Å². The predicted molar refractivity (Wildman–Crippen MR) is 101 cm³/mol. The molecule has 0 amide bonds. The quantitative estimate of drug-likeness (QED) is 0.406. The second kappa shape index (κ2) is 9.47. The van der Waals surface area contributed by atoms with Gasteiger partial charge in [0.2, 0.25) is 15.3 Å². The fourth-order valence-electron chi connectivity index (χ4n) is 1.79. The maximum absolute atomic E-state index is 10.8. The van der Waals surface area contributed by atoms with Crippen molar-refractivity contribution in [1.29, 1.82) is 0 Å². The van der Waals surface area contributed by atoms with Gasteiger partial charge in [0.1, 0.15) is 0 Å². The van der Waals surface area contributed by atoms with E-state index in [1.807, 2.05) is 0 Å². The molecule has 0 aromatic carbocycles. The zero-order valence-corrected chi connectivity index (χ0v) is 18.2. The molecular weight excluding hydrogens is 560 g/mol. The Hall–Kier alpha value is 0.779. The first-order valence-corrected chi connectivity index (χ1v) is 13.7. The molecule has 0 radical (unpaired) electrons. The zero-order valence-electron chi connectivity index (χ0n) is 10.8. The third-order valence-corrected chi connectivity index (χ3v) is 6.70. The van der Waals surface area contributed by atoms with Gasteiger partial charge in [-0.1, -0.05) is 23.5 Å². The molecule has 11 heteroatoms. The van der Waals surface area contributed by atoms with Crippen LogP contribution in [-0.2, 0) is 30.5 Å². The van der Waals surface area contributed by atoms with Crippen LogP contribution in [0.15, 0.2) is 32.9 Å². The fourth-order valence-corrected chi connectivity index (χ4v) is 5.89. The van der Waals surface area contributed by atoms with Crippen molar-refractivity contribution in [2.24, 2.45) is 0 Å². The number of rotatable bonds is 0. The third kappa shape index (κ3) is 5.91. The van der Waals surface area contributed by atoms with Crippen molar-refractivity contribution in [3.05, 3.63) is 32.9 Å². The molecule has 1 unspecified atom stereocenters. The monoisotopic (exact) mass is 563 g/mol. The van der Waals surface area contributed by atoms with Crippen LogP contribution in [0.25, 0.3) is 0 Å². The topological polar surface area (TPSA) is 68.3 Å². The molecule has 0 aromatic heterocycles. The van der Waals surface area contributed by atoms with Crippen molar-refractivity contribution >= 4 is 95.7 Å². The van der Waals surface area contributed by atoms with Gasteiger partial charge in [0.05, 0.1) is 5.25 Å². The van der Waals surface area contributed by atoms with E-state index >= 15 is 0 Å². The van der Waals surface area contributed by atoms with Crippen LogP contribution in [0, 0.1) is 0 Å². The summed E-state index contributed by atoms with van der Waals surface area (Å²) in [4.78, 5) is 45.5. The van der Waals surface area contributed by atoms with Gasteiger partial charge in [-0.05, 0) is 23.5 Å². The van der Waals surface area contributed by atoms with Crippen molar-refractivity contribution < 1.29 is 30.5 Å². The van der Waals surface area contributed by atoms with Gasteiger partial charge in [0.25, 0.3) is 0 Å². The fraction of sp³-hybridized carbons (Fsp3) is 0.167. The van der Waals surface area contributed by atoms with Crippen molar-refractivity contribution in [1.82, 2.24) is 0 Å². The molecule has 4 aliphatic rings. The van der Waals surface area contributed by atoms with E-state index in [9.17, 15) is 19.2 Å². The van der Waals surface area contributed by atoms with Crippen LogP contribution in [0.5, 0.6) is 0 Å². The minimum absolute atomic E-state index is 0.0289. The molecule has 4 rings (SSSR count). The summed E-state index contributed by atoms with van der Waals surface area (Å²) in [5, 5.41) is 0.517. The molecule has 4 nitrogen and oxygen atoms in total. The normalized spacial score (nSPS) is 24.3. The van der Waals surface area contributed by atoms with Gasteiger partial charge in [-0.15, -0.1) is 0 Å². The number of hydrogen-bond acceptors (Lipinski definition) is 8. The van der Waals surface area contributed by atoms with E-state index in [-0.39, 0.29) is 25.7 Å². The Kier molecular flexibility index (Phi) is 8.27. The van der Waals surface area contributed by atoms with E-state index in [1.165, 1.54) is 47.0 Å². The number of halogens is 2. The first kappa shape index (κ1) is 20.1. The van der Waals surface area contributed by atoms with Gasteiger partial charge in [0, 0.05) is 39.4 Å². The molecule has 23 heavy (non-hydrogen) atoms. The van der Waals surface area contributed by atoms with Gasteiger partial charge in [-0.2, -0.15) is 0 Å². The van der Waals surface area contributed by atoms with E-state index in [2.05, 4.69) is 28.2 Å². The zero-order chi connectivity index (χ0) is 17.0. The molecule has 4 aliphatic heterocycles. The molecule has 127 valence electrons. The van der Waals surface area contributed by atoms with Gasteiger partial charge < -0.3 is 0 Å². The van der Waals surface area contributed by atoms with Crippen LogP contribution >= 0.6 is 75.3 Å². The van der Waals surface area contributed by atoms with Crippen LogP contribution in [-0.4, -0.2) is 25.7 Å². The summed E-state index contributed by atoms with van der Waals surface area (Å²) >= 11 is 12.1. The van der Waals surface area contributed by atoms with Crippen molar-refractivity contribution in [2.75, 3.05) is 0 Å². The Labute approximate surface area is 169 Å². The minimum atomic E-state index is 0.0289. The second-order valence-electron chi connectivity index (χ2n) is 4.05. The molecule has 1 saturated heterocycles. The molecule has 0 N–H and O–H groups in total. The van der Waals surface area contributed by atoms with Gasteiger partial charge in [-0.3, -0.25) is 19.2 Å². The van der Waals surface area contributed by atoms with E-state index < -0.39 is 0 Å². The molecule has 0 aliphatic carbocycles. The molecule has 0 bridgehead atoms. The summed E-state index contributed by atoms with van der Waals surface area (Å²) in [5.74, 6) is 0. The predicted octanol–water partition coefficient (Wildman–Crippen LogP) is 4.17. The first-order valence-electron chi connectivity index (χ1n) is 5.74. The van der Waals surface area contributed by atoms with Crippen LogP contribution in [0.2, 0.25) is 0 Å². The Balaban J connectivity index is 0.000000143. The molecular formula is C12H6Br2CuO4S4. The Morgan fingerprint density at radius 2 is 1.39 bits per heavy atom. The van der Waals surface area contributed by atoms with Crippen LogP contribution in [0.3, 0.4) is 0 Å². The average Bonchev–Trinajstić information content (AvgIpc) is 3.10. The number of carbonyl (C=O) groups is 4. The summed E-state index contributed by atoms with van der Waals surface area (Å²) in [7, 11) is 0. The number of hydrogen-bond donors (Lipinski definition) is 0. The summed E-state index contributed by atoms with van der Waals surface area (Å²) < 4.78 is 0. The van der Waals surface area contributed by atoms with Crippen LogP contribution in [0.4, 0.5) is 0 Å². The molecule has 0 spiro atoms. The first-order chi connectivity index (χ1) is 10.9. The summed E-state index contributed by atoms with van der Waals surface area (Å²) in [6, 6.07) is 0. The molecule has 1 fully saturated rings. The third-order valence-electron chi connectivity index (χ3n) is 2.58. The number of fused-ring (bicyclic) bond motifs is 2. The van der Waals surface area contributed by atoms with Crippen molar-refractivity contribution in [2.45, 2.75) is 11.7 Å². The molecule has 0 saturated carbocycles.